The Bertz CT molecular complexity index is 630. The summed E-state index contributed by atoms with van der Waals surface area (Å²) >= 11 is 0. The number of amides is 2. The average Bonchev–Trinajstić information content (AvgIpc) is 3.39. The predicted molar refractivity (Wildman–Crippen MR) is 90.3 cm³/mol. The number of carbonyl (C=O) groups is 2. The summed E-state index contributed by atoms with van der Waals surface area (Å²) in [5, 5.41) is 2.72. The third kappa shape index (κ3) is 3.94. The number of benzene rings is 1. The van der Waals surface area contributed by atoms with E-state index in [-0.39, 0.29) is 25.3 Å². The van der Waals surface area contributed by atoms with Crippen LogP contribution in [-0.2, 0) is 16.0 Å². The highest BCUT2D eigenvalue weighted by Gasteiger charge is 2.44. The molecule has 24 heavy (non-hydrogen) atoms. The smallest absolute Gasteiger partial charge is 0.259 e. The Morgan fingerprint density at radius 1 is 1.33 bits per heavy atom. The Morgan fingerprint density at radius 3 is 2.79 bits per heavy atom. The van der Waals surface area contributed by atoms with E-state index in [2.05, 4.69) is 5.32 Å². The number of piperidine rings is 1. The van der Waals surface area contributed by atoms with Gasteiger partial charge in [-0.25, -0.2) is 4.39 Å². The third-order valence-corrected chi connectivity index (χ3v) is 5.05. The first kappa shape index (κ1) is 16.9. The number of nitrogens with zero attached hydrogens (tertiary/aromatic N) is 1. The van der Waals surface area contributed by atoms with Gasteiger partial charge in [-0.15, -0.1) is 0 Å². The lowest BCUT2D eigenvalue weighted by molar-refractivity contribution is -0.143. The van der Waals surface area contributed by atoms with Crippen LogP contribution in [-0.4, -0.2) is 42.0 Å². The van der Waals surface area contributed by atoms with Gasteiger partial charge in [-0.1, -0.05) is 24.3 Å². The molecule has 1 heterocycles. The topological polar surface area (TPSA) is 49.4 Å². The van der Waals surface area contributed by atoms with E-state index < -0.39 is 11.6 Å². The number of halogens is 1. The van der Waals surface area contributed by atoms with Gasteiger partial charge in [0, 0.05) is 13.1 Å². The molecule has 1 aromatic carbocycles. The Hall–Kier alpha value is -1.91. The number of aryl methyl sites for hydroxylation is 1. The summed E-state index contributed by atoms with van der Waals surface area (Å²) in [5.41, 5.74) is 0.0569. The standard InChI is InChI=1S/C19H25FN2O2/c1-14-5-2-3-6-16(14)11-17(23)22-10-4-9-19(20,13-22)18(24)21-12-15-7-8-15/h2-3,5-6,15H,4,7-13H2,1H3,(H,21,24)/t19-/m0/s1. The van der Waals surface area contributed by atoms with Crippen LogP contribution in [0.2, 0.25) is 0 Å². The normalized spacial score (nSPS) is 23.8. The maximum atomic E-state index is 15.1. The Kier molecular flexibility index (Phi) is 4.88. The first-order valence-electron chi connectivity index (χ1n) is 8.77. The minimum atomic E-state index is -1.95. The highest BCUT2D eigenvalue weighted by atomic mass is 19.1. The van der Waals surface area contributed by atoms with Crippen molar-refractivity contribution in [2.45, 2.75) is 44.7 Å². The molecule has 2 fully saturated rings. The molecule has 1 atom stereocenters. The number of alkyl halides is 1. The van der Waals surface area contributed by atoms with Gasteiger partial charge in [-0.05, 0) is 49.7 Å². The molecule has 0 aromatic heterocycles. The van der Waals surface area contributed by atoms with Gasteiger partial charge in [0.25, 0.3) is 5.91 Å². The fraction of sp³-hybridized carbons (Fsp3) is 0.579. The van der Waals surface area contributed by atoms with Crippen molar-refractivity contribution < 1.29 is 14.0 Å². The summed E-state index contributed by atoms with van der Waals surface area (Å²) in [6.07, 6.45) is 3.19. The molecule has 2 amide bonds. The maximum Gasteiger partial charge on any atom is 0.259 e. The summed E-state index contributed by atoms with van der Waals surface area (Å²) < 4.78 is 15.1. The second-order valence-electron chi connectivity index (χ2n) is 7.14. The number of carbonyl (C=O) groups excluding carboxylic acids is 2. The molecule has 0 unspecified atom stereocenters. The number of hydrogen-bond acceptors (Lipinski definition) is 2. The fourth-order valence-corrected chi connectivity index (χ4v) is 3.21. The quantitative estimate of drug-likeness (QED) is 0.900. The first-order valence-corrected chi connectivity index (χ1v) is 8.77. The van der Waals surface area contributed by atoms with Crippen LogP contribution in [0.4, 0.5) is 4.39 Å². The highest BCUT2D eigenvalue weighted by molar-refractivity contribution is 5.87. The zero-order valence-electron chi connectivity index (χ0n) is 14.2. The molecule has 4 nitrogen and oxygen atoms in total. The van der Waals surface area contributed by atoms with Gasteiger partial charge in [-0.2, -0.15) is 0 Å². The first-order chi connectivity index (χ1) is 11.5. The lowest BCUT2D eigenvalue weighted by Crippen LogP contribution is -2.56. The van der Waals surface area contributed by atoms with Gasteiger partial charge in [0.2, 0.25) is 11.6 Å². The molecule has 0 spiro atoms. The SMILES string of the molecule is Cc1ccccc1CC(=O)N1CCC[C@@](F)(C(=O)NCC2CC2)C1. The molecule has 130 valence electrons. The van der Waals surface area contributed by atoms with Crippen molar-refractivity contribution in [3.63, 3.8) is 0 Å². The van der Waals surface area contributed by atoms with Crippen molar-refractivity contribution in [2.75, 3.05) is 19.6 Å². The monoisotopic (exact) mass is 332 g/mol. The Morgan fingerprint density at radius 2 is 2.08 bits per heavy atom. The number of hydrogen-bond donors (Lipinski definition) is 1. The number of likely N-dealkylation sites (tertiary alicyclic amines) is 1. The van der Waals surface area contributed by atoms with Crippen molar-refractivity contribution in [3.05, 3.63) is 35.4 Å². The van der Waals surface area contributed by atoms with E-state index in [4.69, 9.17) is 0 Å². The molecule has 0 bridgehead atoms. The zero-order valence-corrected chi connectivity index (χ0v) is 14.2. The molecule has 1 aliphatic carbocycles. The van der Waals surface area contributed by atoms with Crippen LogP contribution in [0.5, 0.6) is 0 Å². The zero-order chi connectivity index (χ0) is 17.2. The molecular weight excluding hydrogens is 307 g/mol. The van der Waals surface area contributed by atoms with Crippen LogP contribution in [0.3, 0.4) is 0 Å². The van der Waals surface area contributed by atoms with Crippen molar-refractivity contribution >= 4 is 11.8 Å². The molecule has 3 rings (SSSR count). The summed E-state index contributed by atoms with van der Waals surface area (Å²) in [6, 6.07) is 7.71. The van der Waals surface area contributed by atoms with Gasteiger partial charge in [0.15, 0.2) is 0 Å². The summed E-state index contributed by atoms with van der Waals surface area (Å²) in [4.78, 5) is 26.2. The van der Waals surface area contributed by atoms with Crippen LogP contribution in [0.25, 0.3) is 0 Å². The van der Waals surface area contributed by atoms with E-state index in [1.54, 1.807) is 0 Å². The van der Waals surface area contributed by atoms with Gasteiger partial charge in [0.1, 0.15) is 0 Å². The fourth-order valence-electron chi connectivity index (χ4n) is 3.21. The number of nitrogens with one attached hydrogen (secondary N) is 1. The summed E-state index contributed by atoms with van der Waals surface area (Å²) in [7, 11) is 0. The molecule has 1 saturated heterocycles. The van der Waals surface area contributed by atoms with Gasteiger partial charge in [0.05, 0.1) is 13.0 Å². The van der Waals surface area contributed by atoms with E-state index in [1.165, 1.54) is 4.90 Å². The van der Waals surface area contributed by atoms with Crippen LogP contribution in [0.15, 0.2) is 24.3 Å². The Labute approximate surface area is 142 Å². The summed E-state index contributed by atoms with van der Waals surface area (Å²) in [6.45, 7) is 2.91. The van der Waals surface area contributed by atoms with E-state index in [9.17, 15) is 9.59 Å². The second kappa shape index (κ2) is 6.91. The van der Waals surface area contributed by atoms with E-state index >= 15 is 4.39 Å². The van der Waals surface area contributed by atoms with Crippen LogP contribution < -0.4 is 5.32 Å². The van der Waals surface area contributed by atoms with Gasteiger partial charge >= 0.3 is 0 Å². The molecular formula is C19H25FN2O2. The van der Waals surface area contributed by atoms with Crippen molar-refractivity contribution in [1.29, 1.82) is 0 Å². The van der Waals surface area contributed by atoms with Crippen molar-refractivity contribution in [2.24, 2.45) is 5.92 Å². The highest BCUT2D eigenvalue weighted by Crippen LogP contribution is 2.29. The molecule has 1 saturated carbocycles. The second-order valence-corrected chi connectivity index (χ2v) is 7.14. The number of rotatable bonds is 5. The van der Waals surface area contributed by atoms with Crippen molar-refractivity contribution in [3.8, 4) is 0 Å². The van der Waals surface area contributed by atoms with E-state index in [1.807, 2.05) is 31.2 Å². The molecule has 1 aliphatic heterocycles. The minimum Gasteiger partial charge on any atom is -0.353 e. The molecule has 5 heteroatoms. The molecule has 1 aromatic rings. The summed E-state index contributed by atoms with van der Waals surface area (Å²) in [5.74, 6) is -0.149. The van der Waals surface area contributed by atoms with Crippen LogP contribution in [0.1, 0.15) is 36.8 Å². The molecule has 0 radical (unpaired) electrons. The third-order valence-electron chi connectivity index (χ3n) is 5.05. The lowest BCUT2D eigenvalue weighted by Gasteiger charge is -2.36. The van der Waals surface area contributed by atoms with E-state index in [0.29, 0.717) is 25.4 Å². The van der Waals surface area contributed by atoms with E-state index in [0.717, 1.165) is 24.0 Å². The lowest BCUT2D eigenvalue weighted by atomic mass is 9.93. The molecule has 2 aliphatic rings. The Balaban J connectivity index is 1.60. The van der Waals surface area contributed by atoms with Crippen molar-refractivity contribution in [1.82, 2.24) is 10.2 Å². The van der Waals surface area contributed by atoms with Crippen LogP contribution >= 0.6 is 0 Å². The largest absolute Gasteiger partial charge is 0.353 e. The predicted octanol–water partition coefficient (Wildman–Crippen LogP) is 2.39. The average molecular weight is 332 g/mol. The maximum absolute atomic E-state index is 15.1. The molecule has 1 N–H and O–H groups in total. The minimum absolute atomic E-state index is 0.110. The van der Waals surface area contributed by atoms with Gasteiger partial charge in [-0.3, -0.25) is 9.59 Å². The van der Waals surface area contributed by atoms with Gasteiger partial charge < -0.3 is 10.2 Å². The van der Waals surface area contributed by atoms with Crippen LogP contribution in [0, 0.1) is 12.8 Å².